The molecule has 0 bridgehead atoms. The molecule has 3 N–H and O–H groups in total. The highest BCUT2D eigenvalue weighted by Crippen LogP contribution is 2.36. The lowest BCUT2D eigenvalue weighted by Gasteiger charge is -2.44. The third-order valence-corrected chi connectivity index (χ3v) is 15.2. The summed E-state index contributed by atoms with van der Waals surface area (Å²) in [7, 11) is 5.96. The Balaban J connectivity index is 1.13. The van der Waals surface area contributed by atoms with Crippen LogP contribution in [0.1, 0.15) is 112 Å². The number of aliphatic hydroxyl groups excluding tert-OH is 1. The van der Waals surface area contributed by atoms with Crippen LogP contribution in [0.25, 0.3) is 10.9 Å². The van der Waals surface area contributed by atoms with E-state index in [-0.39, 0.29) is 66.3 Å². The fourth-order valence-electron chi connectivity index (χ4n) is 11.1. The van der Waals surface area contributed by atoms with Gasteiger partial charge in [0.25, 0.3) is 0 Å². The molecule has 0 spiro atoms. The predicted octanol–water partition coefficient (Wildman–Crippen LogP) is 7.81. The van der Waals surface area contributed by atoms with Crippen molar-refractivity contribution in [2.45, 2.75) is 181 Å². The number of H-pyrrole nitrogens is 1. The summed E-state index contributed by atoms with van der Waals surface area (Å²) >= 11 is 0. The average Bonchev–Trinajstić information content (AvgIpc) is 3.70. The SMILES string of the molecule is CCC1OC(=O)CC(OC2CC(OC)C(O)[C@H](C)O2)C(C)C(OC2CC(N(C)CC3=CCC(C(=O)NCCc4c[nH]c5ccccc45)C=C3)CC(C)O2)C(C)CC(C)CN(C)[C@H](C)CC1C. The van der Waals surface area contributed by atoms with Crippen LogP contribution in [0.4, 0.5) is 0 Å². The van der Waals surface area contributed by atoms with Crippen LogP contribution in [-0.4, -0.2) is 140 Å². The number of esters is 1. The van der Waals surface area contributed by atoms with Gasteiger partial charge in [-0.15, -0.1) is 0 Å². The lowest BCUT2D eigenvalue weighted by atomic mass is 9.83. The van der Waals surface area contributed by atoms with E-state index in [9.17, 15) is 14.7 Å². The molecule has 0 saturated carbocycles. The van der Waals surface area contributed by atoms with E-state index >= 15 is 0 Å². The zero-order valence-electron chi connectivity index (χ0n) is 41.9. The fourth-order valence-corrected chi connectivity index (χ4v) is 11.1. The Labute approximate surface area is 395 Å². The van der Waals surface area contributed by atoms with Crippen LogP contribution in [0.3, 0.4) is 0 Å². The highest BCUT2D eigenvalue weighted by atomic mass is 16.7. The van der Waals surface area contributed by atoms with Gasteiger partial charge in [0.05, 0.1) is 42.9 Å². The molecule has 370 valence electrons. The topological polar surface area (TPSA) is 144 Å². The molecule has 13 heteroatoms. The van der Waals surface area contributed by atoms with Crippen molar-refractivity contribution in [2.24, 2.45) is 29.6 Å². The summed E-state index contributed by atoms with van der Waals surface area (Å²) in [6.07, 6.45) is 10.3. The molecule has 16 atom stereocenters. The molecule has 13 nitrogen and oxygen atoms in total. The summed E-state index contributed by atoms with van der Waals surface area (Å²) in [6, 6.07) is 8.78. The number of benzene rings is 1. The molecule has 2 aromatic rings. The summed E-state index contributed by atoms with van der Waals surface area (Å²) in [5.41, 5.74) is 3.52. The fraction of sp³-hybridized carbons (Fsp3) is 0.736. The van der Waals surface area contributed by atoms with Crippen LogP contribution in [0, 0.1) is 29.6 Å². The zero-order chi connectivity index (χ0) is 47.7. The number of aromatic amines is 1. The maximum absolute atomic E-state index is 14.0. The Morgan fingerprint density at radius 1 is 0.970 bits per heavy atom. The number of methoxy groups -OCH3 is 1. The zero-order valence-corrected chi connectivity index (χ0v) is 41.9. The van der Waals surface area contributed by atoms with Crippen molar-refractivity contribution in [3.8, 4) is 0 Å². The highest BCUT2D eigenvalue weighted by molar-refractivity contribution is 5.83. The standard InChI is InChI=1S/C53H84N4O9/c1-12-45-33(3)24-35(5)56(9)30-32(2)23-34(4)52(37(7)46(27-48(58)64-45)65-50-28-47(61-11)51(59)38(8)63-50)66-49-26-42(25-36(6)62-49)57(10)31-39-17-19-40(20-18-39)53(60)54-22-21-41-29-55-44-16-14-13-15-43(41)44/h13-19,29,32-38,40,42,45-47,49-52,55,59H,12,20-28,30-31H2,1-11H3,(H,54,60)/t32?,33?,34?,35-,36?,37?,38+,40?,42?,45?,46?,47?,49?,50?,51?,52?/m1/s1. The number of cyclic esters (lactones) is 1. The minimum atomic E-state index is -0.784. The number of amides is 1. The Kier molecular flexibility index (Phi) is 19.3. The average molecular weight is 921 g/mol. The van der Waals surface area contributed by atoms with E-state index in [2.05, 4.69) is 107 Å². The summed E-state index contributed by atoms with van der Waals surface area (Å²) in [5.74, 6) is -0.00112. The number of nitrogens with zero attached hydrogens (tertiary/aromatic N) is 2. The van der Waals surface area contributed by atoms with E-state index in [4.69, 9.17) is 28.4 Å². The van der Waals surface area contributed by atoms with Gasteiger partial charge >= 0.3 is 5.97 Å². The summed E-state index contributed by atoms with van der Waals surface area (Å²) < 4.78 is 38.8. The number of fused-ring (bicyclic) bond motifs is 1. The van der Waals surface area contributed by atoms with E-state index in [0.717, 1.165) is 50.7 Å². The molecule has 1 aromatic carbocycles. The van der Waals surface area contributed by atoms with E-state index in [0.29, 0.717) is 37.8 Å². The van der Waals surface area contributed by atoms with Crippen LogP contribution in [0.2, 0.25) is 0 Å². The number of aromatic nitrogens is 1. The quantitative estimate of drug-likeness (QED) is 0.169. The van der Waals surface area contributed by atoms with Gasteiger partial charge in [-0.25, -0.2) is 0 Å². The molecule has 3 saturated heterocycles. The number of aliphatic hydroxyl groups is 1. The van der Waals surface area contributed by atoms with E-state index in [1.54, 1.807) is 7.11 Å². The molecule has 66 heavy (non-hydrogen) atoms. The normalized spacial score (nSPS) is 36.9. The van der Waals surface area contributed by atoms with E-state index in [1.807, 2.05) is 31.3 Å². The smallest absolute Gasteiger partial charge is 0.308 e. The second-order valence-electron chi connectivity index (χ2n) is 20.7. The van der Waals surface area contributed by atoms with Crippen molar-refractivity contribution in [1.82, 2.24) is 20.1 Å². The number of ether oxygens (including phenoxy) is 6. The molecular weight excluding hydrogens is 837 g/mol. The van der Waals surface area contributed by atoms with Gasteiger partial charge in [0.2, 0.25) is 5.91 Å². The van der Waals surface area contributed by atoms with E-state index < -0.39 is 37.0 Å². The first kappa shape index (κ1) is 52.2. The molecule has 1 aliphatic carbocycles. The van der Waals surface area contributed by atoms with Gasteiger partial charge in [0.1, 0.15) is 12.2 Å². The largest absolute Gasteiger partial charge is 0.462 e. The number of hydrogen-bond acceptors (Lipinski definition) is 11. The first-order chi connectivity index (χ1) is 31.5. The van der Waals surface area contributed by atoms with Gasteiger partial charge in [-0.2, -0.15) is 0 Å². The Hall–Kier alpha value is -3.14. The highest BCUT2D eigenvalue weighted by Gasteiger charge is 2.43. The second kappa shape index (κ2) is 24.4. The number of hydrogen-bond donors (Lipinski definition) is 3. The van der Waals surface area contributed by atoms with Gasteiger partial charge in [0.15, 0.2) is 12.6 Å². The number of nitrogens with one attached hydrogen (secondary N) is 2. The van der Waals surface area contributed by atoms with Crippen LogP contribution < -0.4 is 5.32 Å². The number of allylic oxidation sites excluding steroid dienone is 1. The Morgan fingerprint density at radius 3 is 2.45 bits per heavy atom. The van der Waals surface area contributed by atoms with Crippen molar-refractivity contribution in [2.75, 3.05) is 40.8 Å². The third kappa shape index (κ3) is 14.0. The molecule has 4 heterocycles. The van der Waals surface area contributed by atoms with Gasteiger partial charge in [-0.1, -0.05) is 71.0 Å². The van der Waals surface area contributed by atoms with Gasteiger partial charge in [-0.3, -0.25) is 14.5 Å². The van der Waals surface area contributed by atoms with Crippen molar-refractivity contribution in [3.63, 3.8) is 0 Å². The van der Waals surface area contributed by atoms with Crippen molar-refractivity contribution >= 4 is 22.8 Å². The minimum Gasteiger partial charge on any atom is -0.462 e. The molecule has 0 radical (unpaired) electrons. The molecule has 4 aliphatic rings. The third-order valence-electron chi connectivity index (χ3n) is 15.2. The molecule has 1 aromatic heterocycles. The lowest BCUT2D eigenvalue weighted by Crippen LogP contribution is -2.51. The number of likely N-dealkylation sites (N-methyl/N-ethyl adjacent to an activating group) is 1. The van der Waals surface area contributed by atoms with Gasteiger partial charge in [0, 0.05) is 74.7 Å². The van der Waals surface area contributed by atoms with Gasteiger partial charge in [-0.05, 0) is 108 Å². The van der Waals surface area contributed by atoms with Gasteiger partial charge < -0.3 is 48.7 Å². The Bertz CT molecular complexity index is 1900. The van der Waals surface area contributed by atoms with Crippen molar-refractivity contribution in [1.29, 1.82) is 0 Å². The lowest BCUT2D eigenvalue weighted by molar-refractivity contribution is -0.281. The molecule has 1 amide bonds. The Morgan fingerprint density at radius 2 is 1.73 bits per heavy atom. The second-order valence-corrected chi connectivity index (χ2v) is 20.7. The maximum Gasteiger partial charge on any atom is 0.308 e. The molecule has 6 rings (SSSR count). The molecule has 14 unspecified atom stereocenters. The van der Waals surface area contributed by atoms with Crippen molar-refractivity contribution in [3.05, 3.63) is 59.8 Å². The molecule has 3 aliphatic heterocycles. The minimum absolute atomic E-state index is 0.0316. The maximum atomic E-state index is 14.0. The number of carbonyl (C=O) groups excluding carboxylic acids is 2. The number of para-hydroxylation sites is 1. The number of carbonyl (C=O) groups is 2. The van der Waals surface area contributed by atoms with Crippen LogP contribution in [0.5, 0.6) is 0 Å². The van der Waals surface area contributed by atoms with E-state index in [1.165, 1.54) is 16.5 Å². The summed E-state index contributed by atoms with van der Waals surface area (Å²) in [6.45, 7) is 19.5. The van der Waals surface area contributed by atoms with Crippen LogP contribution >= 0.6 is 0 Å². The first-order valence-electron chi connectivity index (χ1n) is 25.2. The molecule has 3 fully saturated rings. The van der Waals surface area contributed by atoms with Crippen molar-refractivity contribution < 1.29 is 43.1 Å². The predicted molar refractivity (Wildman–Crippen MR) is 259 cm³/mol. The van der Waals surface area contributed by atoms with Crippen LogP contribution in [0.15, 0.2) is 54.3 Å². The monoisotopic (exact) mass is 921 g/mol. The first-order valence-corrected chi connectivity index (χ1v) is 25.2. The number of rotatable bonds is 13. The summed E-state index contributed by atoms with van der Waals surface area (Å²) in [5, 5.41) is 15.1. The molecular formula is C53H84N4O9. The summed E-state index contributed by atoms with van der Waals surface area (Å²) in [4.78, 5) is 35.4. The van der Waals surface area contributed by atoms with Crippen LogP contribution in [-0.2, 0) is 44.4 Å².